The van der Waals surface area contributed by atoms with Crippen molar-refractivity contribution in [1.29, 1.82) is 0 Å². The smallest absolute Gasteiger partial charge is 0.326 e. The van der Waals surface area contributed by atoms with Crippen LogP contribution in [0.2, 0.25) is 0 Å². The highest BCUT2D eigenvalue weighted by atomic mass is 16.5. The quantitative estimate of drug-likeness (QED) is 0.673. The lowest BCUT2D eigenvalue weighted by atomic mass is 10.3. The summed E-state index contributed by atoms with van der Waals surface area (Å²) >= 11 is 0. The van der Waals surface area contributed by atoms with Crippen LogP contribution in [0, 0.1) is 0 Å². The van der Waals surface area contributed by atoms with Crippen molar-refractivity contribution in [3.63, 3.8) is 0 Å². The van der Waals surface area contributed by atoms with Crippen molar-refractivity contribution < 1.29 is 14.3 Å². The summed E-state index contributed by atoms with van der Waals surface area (Å²) < 4.78 is 5.34. The molecule has 0 bridgehead atoms. The number of unbranched alkanes of at least 4 members (excludes halogenated alkanes) is 1. The van der Waals surface area contributed by atoms with E-state index in [1.54, 1.807) is 0 Å². The standard InChI is InChI=1S/C10H18N2O3/c1-3-5-6-12-9(15-7-4-2)8(13)11-10(12)14/h9H,3-7H2,1-2H3,(H,11,13,14). The minimum atomic E-state index is -0.719. The Hall–Kier alpha value is -1.10. The highest BCUT2D eigenvalue weighted by molar-refractivity contribution is 6.03. The number of carbonyl (C=O) groups is 2. The first-order valence-corrected chi connectivity index (χ1v) is 5.43. The fourth-order valence-electron chi connectivity index (χ4n) is 1.43. The van der Waals surface area contributed by atoms with Gasteiger partial charge in [0.25, 0.3) is 5.91 Å². The fraction of sp³-hybridized carbons (Fsp3) is 0.800. The van der Waals surface area contributed by atoms with Crippen LogP contribution in [-0.4, -0.2) is 36.2 Å². The lowest BCUT2D eigenvalue weighted by Gasteiger charge is -2.21. The molecule has 0 saturated carbocycles. The maximum absolute atomic E-state index is 11.4. The zero-order valence-electron chi connectivity index (χ0n) is 9.28. The molecule has 0 spiro atoms. The molecule has 1 fully saturated rings. The largest absolute Gasteiger partial charge is 0.349 e. The molecule has 5 nitrogen and oxygen atoms in total. The van der Waals surface area contributed by atoms with Gasteiger partial charge in [-0.3, -0.25) is 15.0 Å². The van der Waals surface area contributed by atoms with Gasteiger partial charge in [0.15, 0.2) is 0 Å². The summed E-state index contributed by atoms with van der Waals surface area (Å²) in [6, 6.07) is -0.338. The number of hydrogen-bond acceptors (Lipinski definition) is 3. The molecule has 1 aliphatic rings. The molecule has 3 amide bonds. The minimum absolute atomic E-state index is 0.338. The zero-order chi connectivity index (χ0) is 11.3. The van der Waals surface area contributed by atoms with Gasteiger partial charge in [-0.2, -0.15) is 0 Å². The Morgan fingerprint density at radius 3 is 2.67 bits per heavy atom. The van der Waals surface area contributed by atoms with Gasteiger partial charge in [0.2, 0.25) is 6.23 Å². The molecule has 1 atom stereocenters. The SMILES string of the molecule is CCCCN1C(=O)NC(=O)C1OCCC. The van der Waals surface area contributed by atoms with E-state index < -0.39 is 6.23 Å². The molecule has 1 unspecified atom stereocenters. The van der Waals surface area contributed by atoms with E-state index in [1.807, 2.05) is 13.8 Å². The van der Waals surface area contributed by atoms with Crippen LogP contribution < -0.4 is 5.32 Å². The number of amides is 3. The Morgan fingerprint density at radius 1 is 1.33 bits per heavy atom. The number of urea groups is 1. The molecular weight excluding hydrogens is 196 g/mol. The number of carbonyl (C=O) groups excluding carboxylic acids is 2. The molecule has 0 radical (unpaired) electrons. The fourth-order valence-corrected chi connectivity index (χ4v) is 1.43. The number of nitrogens with zero attached hydrogens (tertiary/aromatic N) is 1. The summed E-state index contributed by atoms with van der Waals surface area (Å²) in [5.74, 6) is -0.343. The monoisotopic (exact) mass is 214 g/mol. The van der Waals surface area contributed by atoms with Crippen molar-refractivity contribution in [2.45, 2.75) is 39.3 Å². The number of imide groups is 1. The molecule has 5 heteroatoms. The van der Waals surface area contributed by atoms with Gasteiger partial charge in [-0.1, -0.05) is 20.3 Å². The average Bonchev–Trinajstić information content (AvgIpc) is 2.47. The van der Waals surface area contributed by atoms with Gasteiger partial charge in [0, 0.05) is 13.2 Å². The predicted molar refractivity (Wildman–Crippen MR) is 55.2 cm³/mol. The summed E-state index contributed by atoms with van der Waals surface area (Å²) in [5, 5.41) is 2.26. The van der Waals surface area contributed by atoms with Crippen molar-refractivity contribution in [1.82, 2.24) is 10.2 Å². The van der Waals surface area contributed by atoms with Crippen molar-refractivity contribution in [3.05, 3.63) is 0 Å². The van der Waals surface area contributed by atoms with Gasteiger partial charge in [0.05, 0.1) is 0 Å². The zero-order valence-corrected chi connectivity index (χ0v) is 9.28. The number of hydrogen-bond donors (Lipinski definition) is 1. The molecule has 0 aromatic heterocycles. The third-order valence-electron chi connectivity index (χ3n) is 2.23. The van der Waals surface area contributed by atoms with Crippen molar-refractivity contribution >= 4 is 11.9 Å². The van der Waals surface area contributed by atoms with Gasteiger partial charge in [-0.05, 0) is 12.8 Å². The molecule has 1 aliphatic heterocycles. The number of nitrogens with one attached hydrogen (secondary N) is 1. The van der Waals surface area contributed by atoms with E-state index in [9.17, 15) is 9.59 Å². The first-order valence-electron chi connectivity index (χ1n) is 5.43. The van der Waals surface area contributed by atoms with Crippen LogP contribution in [0.15, 0.2) is 0 Å². The highest BCUT2D eigenvalue weighted by Gasteiger charge is 2.38. The maximum Gasteiger partial charge on any atom is 0.326 e. The van der Waals surface area contributed by atoms with Gasteiger partial charge in [-0.15, -0.1) is 0 Å². The Morgan fingerprint density at radius 2 is 2.07 bits per heavy atom. The predicted octanol–water partition coefficient (Wildman–Crippen LogP) is 1.09. The van der Waals surface area contributed by atoms with Crippen LogP contribution in [0.5, 0.6) is 0 Å². The molecule has 0 aliphatic carbocycles. The van der Waals surface area contributed by atoms with E-state index in [2.05, 4.69) is 5.32 Å². The van der Waals surface area contributed by atoms with Crippen LogP contribution >= 0.6 is 0 Å². The Bertz CT molecular complexity index is 219. The molecular formula is C10H18N2O3. The van der Waals surface area contributed by atoms with E-state index in [1.165, 1.54) is 4.90 Å². The molecule has 86 valence electrons. The molecule has 0 aromatic rings. The molecule has 15 heavy (non-hydrogen) atoms. The summed E-state index contributed by atoms with van der Waals surface area (Å²) in [5.41, 5.74) is 0. The van der Waals surface area contributed by atoms with E-state index in [0.717, 1.165) is 19.3 Å². The summed E-state index contributed by atoms with van der Waals surface area (Å²) in [4.78, 5) is 24.2. The van der Waals surface area contributed by atoms with Crippen LogP contribution in [-0.2, 0) is 9.53 Å². The topological polar surface area (TPSA) is 58.6 Å². The minimum Gasteiger partial charge on any atom is -0.349 e. The van der Waals surface area contributed by atoms with Crippen LogP contribution in [0.3, 0.4) is 0 Å². The average molecular weight is 214 g/mol. The van der Waals surface area contributed by atoms with Crippen molar-refractivity contribution in [2.24, 2.45) is 0 Å². The van der Waals surface area contributed by atoms with Crippen molar-refractivity contribution in [2.75, 3.05) is 13.2 Å². The normalized spacial score (nSPS) is 20.9. The Kier molecular flexibility index (Phi) is 4.55. The molecule has 1 N–H and O–H groups in total. The molecule has 0 aromatic carbocycles. The molecule has 1 saturated heterocycles. The van der Waals surface area contributed by atoms with Gasteiger partial charge in [0.1, 0.15) is 0 Å². The first-order chi connectivity index (χ1) is 7.20. The van der Waals surface area contributed by atoms with Gasteiger partial charge >= 0.3 is 6.03 Å². The second kappa shape index (κ2) is 5.70. The first kappa shape index (κ1) is 12.0. The summed E-state index contributed by atoms with van der Waals surface area (Å²) in [6.07, 6.45) is 1.98. The molecule has 1 heterocycles. The number of rotatable bonds is 6. The van der Waals surface area contributed by atoms with E-state index >= 15 is 0 Å². The second-order valence-corrected chi connectivity index (χ2v) is 3.56. The Labute approximate surface area is 89.8 Å². The van der Waals surface area contributed by atoms with Gasteiger partial charge in [-0.25, -0.2) is 4.79 Å². The lowest BCUT2D eigenvalue weighted by molar-refractivity contribution is -0.135. The van der Waals surface area contributed by atoms with E-state index in [4.69, 9.17) is 4.74 Å². The second-order valence-electron chi connectivity index (χ2n) is 3.56. The third-order valence-corrected chi connectivity index (χ3v) is 2.23. The third kappa shape index (κ3) is 2.92. The van der Waals surface area contributed by atoms with Crippen molar-refractivity contribution in [3.8, 4) is 0 Å². The Balaban J connectivity index is 2.54. The van der Waals surface area contributed by atoms with E-state index in [0.29, 0.717) is 13.2 Å². The maximum atomic E-state index is 11.4. The highest BCUT2D eigenvalue weighted by Crippen LogP contribution is 2.11. The number of ether oxygens (including phenoxy) is 1. The van der Waals surface area contributed by atoms with Crippen LogP contribution in [0.4, 0.5) is 4.79 Å². The summed E-state index contributed by atoms with van der Waals surface area (Å²) in [7, 11) is 0. The molecule has 1 rings (SSSR count). The van der Waals surface area contributed by atoms with E-state index in [-0.39, 0.29) is 11.9 Å². The van der Waals surface area contributed by atoms with Crippen LogP contribution in [0.25, 0.3) is 0 Å². The lowest BCUT2D eigenvalue weighted by Crippen LogP contribution is -2.38. The van der Waals surface area contributed by atoms with Crippen LogP contribution in [0.1, 0.15) is 33.1 Å². The summed E-state index contributed by atoms with van der Waals surface area (Å²) in [6.45, 7) is 5.07. The van der Waals surface area contributed by atoms with Gasteiger partial charge < -0.3 is 4.74 Å².